The third-order valence-corrected chi connectivity index (χ3v) is 2.83. The smallest absolute Gasteiger partial charge is 0.267 e. The van der Waals surface area contributed by atoms with Crippen LogP contribution in [-0.4, -0.2) is 43.2 Å². The van der Waals surface area contributed by atoms with Crippen molar-refractivity contribution in [3.05, 3.63) is 24.0 Å². The molecule has 1 aliphatic heterocycles. The number of carbonyl (C=O) groups is 1. The number of pyridine rings is 1. The van der Waals surface area contributed by atoms with E-state index in [-0.39, 0.29) is 11.7 Å². The number of anilines is 1. The van der Waals surface area contributed by atoms with Gasteiger partial charge in [-0.25, -0.2) is 0 Å². The summed E-state index contributed by atoms with van der Waals surface area (Å²) in [5.74, 6) is -0.524. The molecule has 4 N–H and O–H groups in total. The fourth-order valence-electron chi connectivity index (χ4n) is 1.92. The van der Waals surface area contributed by atoms with Gasteiger partial charge in [-0.3, -0.25) is 9.78 Å². The van der Waals surface area contributed by atoms with E-state index in [0.29, 0.717) is 19.8 Å². The van der Waals surface area contributed by atoms with Crippen LogP contribution in [0, 0.1) is 0 Å². The molecule has 6 heteroatoms. The molecule has 0 saturated carbocycles. The van der Waals surface area contributed by atoms with Gasteiger partial charge in [0.05, 0.1) is 19.3 Å². The van der Waals surface area contributed by atoms with Gasteiger partial charge in [0.1, 0.15) is 5.69 Å². The molecular formula is C11H16N4O2. The van der Waals surface area contributed by atoms with E-state index in [9.17, 15) is 4.79 Å². The van der Waals surface area contributed by atoms with Gasteiger partial charge in [0, 0.05) is 25.0 Å². The summed E-state index contributed by atoms with van der Waals surface area (Å²) in [6.07, 6.45) is 1.58. The molecule has 6 nitrogen and oxygen atoms in total. The average molecular weight is 236 g/mol. The van der Waals surface area contributed by atoms with Crippen LogP contribution in [0.1, 0.15) is 10.5 Å². The van der Waals surface area contributed by atoms with Crippen LogP contribution in [0.3, 0.4) is 0 Å². The molecule has 2 heterocycles. The lowest BCUT2D eigenvalue weighted by atomic mass is 10.2. The standard InChI is InChI=1S/C11H16N4O2/c12-6-9-7-17-4-3-15(9)8-1-2-14-10(5-8)11(13)16/h1-2,5,9H,3-4,6-7,12H2,(H2,13,16). The largest absolute Gasteiger partial charge is 0.377 e. The highest BCUT2D eigenvalue weighted by Crippen LogP contribution is 2.19. The molecule has 1 amide bonds. The minimum absolute atomic E-state index is 0.131. The summed E-state index contributed by atoms with van der Waals surface area (Å²) in [4.78, 5) is 17.1. The van der Waals surface area contributed by atoms with Crippen molar-refractivity contribution in [1.29, 1.82) is 0 Å². The quantitative estimate of drug-likeness (QED) is 0.727. The molecule has 1 atom stereocenters. The van der Waals surface area contributed by atoms with Crippen LogP contribution < -0.4 is 16.4 Å². The number of aromatic nitrogens is 1. The number of hydrogen-bond donors (Lipinski definition) is 2. The summed E-state index contributed by atoms with van der Waals surface area (Å²) in [6, 6.07) is 3.67. The summed E-state index contributed by atoms with van der Waals surface area (Å²) < 4.78 is 5.37. The second-order valence-electron chi connectivity index (χ2n) is 3.92. The van der Waals surface area contributed by atoms with E-state index in [1.165, 1.54) is 0 Å². The molecule has 1 unspecified atom stereocenters. The molecule has 0 aromatic carbocycles. The maximum absolute atomic E-state index is 11.1. The lowest BCUT2D eigenvalue weighted by molar-refractivity contribution is 0.0962. The summed E-state index contributed by atoms with van der Waals surface area (Å²) >= 11 is 0. The van der Waals surface area contributed by atoms with Gasteiger partial charge >= 0.3 is 0 Å². The van der Waals surface area contributed by atoms with Crippen molar-refractivity contribution in [2.75, 3.05) is 31.2 Å². The predicted molar refractivity (Wildman–Crippen MR) is 63.8 cm³/mol. The first-order chi connectivity index (χ1) is 8.22. The minimum atomic E-state index is -0.524. The Morgan fingerprint density at radius 3 is 3.18 bits per heavy atom. The zero-order valence-electron chi connectivity index (χ0n) is 9.50. The van der Waals surface area contributed by atoms with E-state index in [1.807, 2.05) is 6.07 Å². The van der Waals surface area contributed by atoms with Crippen molar-refractivity contribution in [3.8, 4) is 0 Å². The highest BCUT2D eigenvalue weighted by atomic mass is 16.5. The van der Waals surface area contributed by atoms with Crippen LogP contribution >= 0.6 is 0 Å². The Labute approximate surface area is 99.5 Å². The molecule has 17 heavy (non-hydrogen) atoms. The fraction of sp³-hybridized carbons (Fsp3) is 0.455. The lowest BCUT2D eigenvalue weighted by Gasteiger charge is -2.36. The molecule has 1 aromatic rings. The first-order valence-corrected chi connectivity index (χ1v) is 5.52. The number of primary amides is 1. The number of rotatable bonds is 3. The molecule has 0 aliphatic carbocycles. The van der Waals surface area contributed by atoms with E-state index < -0.39 is 5.91 Å². The molecule has 1 fully saturated rings. The van der Waals surface area contributed by atoms with Crippen molar-refractivity contribution in [2.45, 2.75) is 6.04 Å². The van der Waals surface area contributed by atoms with Crippen molar-refractivity contribution in [1.82, 2.24) is 4.98 Å². The van der Waals surface area contributed by atoms with Crippen molar-refractivity contribution >= 4 is 11.6 Å². The zero-order valence-corrected chi connectivity index (χ0v) is 9.50. The lowest BCUT2D eigenvalue weighted by Crippen LogP contribution is -2.49. The van der Waals surface area contributed by atoms with Gasteiger partial charge in [0.2, 0.25) is 0 Å². The van der Waals surface area contributed by atoms with Gasteiger partial charge in [-0.2, -0.15) is 0 Å². The van der Waals surface area contributed by atoms with E-state index in [4.69, 9.17) is 16.2 Å². The highest BCUT2D eigenvalue weighted by Gasteiger charge is 2.22. The minimum Gasteiger partial charge on any atom is -0.377 e. The number of amides is 1. The van der Waals surface area contributed by atoms with E-state index in [0.717, 1.165) is 12.2 Å². The molecule has 0 radical (unpaired) electrons. The predicted octanol–water partition coefficient (Wildman–Crippen LogP) is -0.656. The van der Waals surface area contributed by atoms with E-state index in [2.05, 4.69) is 9.88 Å². The normalized spacial score (nSPS) is 20.3. The number of nitrogens with zero attached hydrogens (tertiary/aromatic N) is 2. The van der Waals surface area contributed by atoms with Gasteiger partial charge in [0.25, 0.3) is 5.91 Å². The zero-order chi connectivity index (χ0) is 12.3. The van der Waals surface area contributed by atoms with E-state index in [1.54, 1.807) is 12.3 Å². The van der Waals surface area contributed by atoms with Crippen molar-refractivity contribution < 1.29 is 9.53 Å². The molecule has 1 aromatic heterocycles. The van der Waals surface area contributed by atoms with Crippen LogP contribution in [-0.2, 0) is 4.74 Å². The van der Waals surface area contributed by atoms with Gasteiger partial charge in [0.15, 0.2) is 0 Å². The van der Waals surface area contributed by atoms with Crippen LogP contribution in [0.15, 0.2) is 18.3 Å². The molecule has 0 bridgehead atoms. The molecule has 1 aliphatic rings. The molecule has 2 rings (SSSR count). The van der Waals surface area contributed by atoms with Gasteiger partial charge in [-0.1, -0.05) is 0 Å². The topological polar surface area (TPSA) is 94.5 Å². The summed E-state index contributed by atoms with van der Waals surface area (Å²) in [7, 11) is 0. The summed E-state index contributed by atoms with van der Waals surface area (Å²) in [6.45, 7) is 2.52. The maximum atomic E-state index is 11.1. The molecular weight excluding hydrogens is 220 g/mol. The highest BCUT2D eigenvalue weighted by molar-refractivity contribution is 5.91. The Kier molecular flexibility index (Phi) is 3.55. The van der Waals surface area contributed by atoms with Crippen LogP contribution in [0.5, 0.6) is 0 Å². The Bertz CT molecular complexity index is 410. The number of carbonyl (C=O) groups excluding carboxylic acids is 1. The molecule has 1 saturated heterocycles. The van der Waals surface area contributed by atoms with Crippen LogP contribution in [0.2, 0.25) is 0 Å². The molecule has 92 valence electrons. The Hall–Kier alpha value is -1.66. The van der Waals surface area contributed by atoms with Crippen LogP contribution in [0.25, 0.3) is 0 Å². The van der Waals surface area contributed by atoms with Gasteiger partial charge in [-0.05, 0) is 12.1 Å². The Balaban J connectivity index is 2.25. The van der Waals surface area contributed by atoms with Crippen molar-refractivity contribution in [2.24, 2.45) is 11.5 Å². The monoisotopic (exact) mass is 236 g/mol. The maximum Gasteiger partial charge on any atom is 0.267 e. The number of ether oxygens (including phenoxy) is 1. The average Bonchev–Trinajstić information content (AvgIpc) is 2.39. The molecule has 0 spiro atoms. The SMILES string of the molecule is NCC1COCCN1c1ccnc(C(N)=O)c1. The second-order valence-corrected chi connectivity index (χ2v) is 3.92. The number of hydrogen-bond acceptors (Lipinski definition) is 5. The van der Waals surface area contributed by atoms with E-state index >= 15 is 0 Å². The van der Waals surface area contributed by atoms with Crippen LogP contribution in [0.4, 0.5) is 5.69 Å². The number of nitrogens with two attached hydrogens (primary N) is 2. The second kappa shape index (κ2) is 5.11. The van der Waals surface area contributed by atoms with Gasteiger partial charge in [-0.15, -0.1) is 0 Å². The number of morpholine rings is 1. The third-order valence-electron chi connectivity index (χ3n) is 2.83. The Morgan fingerprint density at radius 2 is 2.47 bits per heavy atom. The summed E-state index contributed by atoms with van der Waals surface area (Å²) in [5, 5.41) is 0. The Morgan fingerprint density at radius 1 is 1.65 bits per heavy atom. The first-order valence-electron chi connectivity index (χ1n) is 5.52. The summed E-state index contributed by atoms with van der Waals surface area (Å²) in [5.41, 5.74) is 12.1. The fourth-order valence-corrected chi connectivity index (χ4v) is 1.92. The third kappa shape index (κ3) is 2.54. The van der Waals surface area contributed by atoms with Crippen molar-refractivity contribution in [3.63, 3.8) is 0 Å². The van der Waals surface area contributed by atoms with Gasteiger partial charge < -0.3 is 21.1 Å². The first kappa shape index (κ1) is 11.8.